The van der Waals surface area contributed by atoms with Gasteiger partial charge in [0.05, 0.1) is 5.51 Å². The lowest BCUT2D eigenvalue weighted by Crippen LogP contribution is -2.06. The number of hydrogen-bond acceptors (Lipinski definition) is 3. The number of rotatable bonds is 1. The molecule has 1 aliphatic rings. The van der Waals surface area contributed by atoms with Crippen molar-refractivity contribution in [2.24, 2.45) is 11.1 Å². The first-order valence-electron chi connectivity index (χ1n) is 3.78. The number of aromatic nitrogens is 1. The van der Waals surface area contributed by atoms with Gasteiger partial charge in [-0.25, -0.2) is 0 Å². The summed E-state index contributed by atoms with van der Waals surface area (Å²) in [6.07, 6.45) is 1.93. The van der Waals surface area contributed by atoms with Crippen LogP contribution in [0.4, 0.5) is 0 Å². The minimum absolute atomic E-state index is 0.298. The monoisotopic (exact) mass is 168 g/mol. The molecule has 2 rings (SSSR count). The Labute approximate surface area is 70.5 Å². The largest absolute Gasteiger partial charge is 0.327 e. The fourth-order valence-electron chi connectivity index (χ4n) is 1.60. The molecule has 2 atom stereocenters. The molecule has 0 radical (unpaired) electrons. The Morgan fingerprint density at radius 1 is 1.64 bits per heavy atom. The Balaban J connectivity index is 2.23. The molecular weight excluding hydrogens is 156 g/mol. The van der Waals surface area contributed by atoms with E-state index in [1.54, 1.807) is 11.3 Å². The first kappa shape index (κ1) is 7.25. The van der Waals surface area contributed by atoms with Crippen molar-refractivity contribution in [2.75, 3.05) is 0 Å². The van der Waals surface area contributed by atoms with Gasteiger partial charge < -0.3 is 5.73 Å². The van der Waals surface area contributed by atoms with Crippen LogP contribution >= 0.6 is 11.3 Å². The summed E-state index contributed by atoms with van der Waals surface area (Å²) in [4.78, 5) is 5.38. The molecule has 2 N–H and O–H groups in total. The minimum atomic E-state index is 0.298. The Morgan fingerprint density at radius 3 is 2.64 bits per heavy atom. The first-order chi connectivity index (χ1) is 5.14. The average Bonchev–Trinajstić information content (AvgIpc) is 2.40. The van der Waals surface area contributed by atoms with Gasteiger partial charge in [0.1, 0.15) is 0 Å². The molecule has 1 fully saturated rings. The Hall–Kier alpha value is -0.410. The lowest BCUT2D eigenvalue weighted by Gasteiger charge is -1.96. The average molecular weight is 168 g/mol. The van der Waals surface area contributed by atoms with Crippen LogP contribution in [0, 0.1) is 5.41 Å². The Kier molecular flexibility index (Phi) is 1.35. The molecule has 1 aliphatic carbocycles. The third-order valence-electron chi connectivity index (χ3n) is 2.67. The van der Waals surface area contributed by atoms with Crippen LogP contribution in [-0.4, -0.2) is 11.0 Å². The highest BCUT2D eigenvalue weighted by Gasteiger charge is 2.56. The smallest absolute Gasteiger partial charge is 0.0794 e. The third-order valence-corrected chi connectivity index (χ3v) is 3.53. The molecule has 0 aromatic carbocycles. The summed E-state index contributed by atoms with van der Waals surface area (Å²) in [6, 6.07) is 0.336. The van der Waals surface area contributed by atoms with E-state index in [1.165, 1.54) is 4.88 Å². The van der Waals surface area contributed by atoms with Crippen molar-refractivity contribution < 1.29 is 0 Å². The number of hydrogen-bond donors (Lipinski definition) is 1. The molecular formula is C8H12N2S. The van der Waals surface area contributed by atoms with Gasteiger partial charge in [0.2, 0.25) is 0 Å². The van der Waals surface area contributed by atoms with E-state index in [9.17, 15) is 0 Å². The van der Waals surface area contributed by atoms with Gasteiger partial charge in [-0.1, -0.05) is 13.8 Å². The minimum Gasteiger partial charge on any atom is -0.327 e. The SMILES string of the molecule is CC1(C)[C@@H](N)[C@@H]1c1cncs1. The van der Waals surface area contributed by atoms with Crippen LogP contribution in [0.5, 0.6) is 0 Å². The Bertz CT molecular complexity index is 253. The van der Waals surface area contributed by atoms with Crippen molar-refractivity contribution in [3.05, 3.63) is 16.6 Å². The predicted molar refractivity (Wildman–Crippen MR) is 46.6 cm³/mol. The van der Waals surface area contributed by atoms with E-state index in [0.29, 0.717) is 17.4 Å². The summed E-state index contributed by atoms with van der Waals surface area (Å²) in [5.41, 5.74) is 8.08. The molecule has 1 heterocycles. The highest BCUT2D eigenvalue weighted by molar-refractivity contribution is 7.09. The van der Waals surface area contributed by atoms with Crippen LogP contribution in [0.25, 0.3) is 0 Å². The molecule has 0 unspecified atom stereocenters. The third kappa shape index (κ3) is 0.914. The van der Waals surface area contributed by atoms with Crippen molar-refractivity contribution in [2.45, 2.75) is 25.8 Å². The van der Waals surface area contributed by atoms with Crippen molar-refractivity contribution in [3.8, 4) is 0 Å². The van der Waals surface area contributed by atoms with Gasteiger partial charge in [-0.15, -0.1) is 11.3 Å². The van der Waals surface area contributed by atoms with Gasteiger partial charge >= 0.3 is 0 Å². The summed E-state index contributed by atoms with van der Waals surface area (Å²) in [5.74, 6) is 0.551. The maximum Gasteiger partial charge on any atom is 0.0794 e. The lowest BCUT2D eigenvalue weighted by molar-refractivity contribution is 0.601. The quantitative estimate of drug-likeness (QED) is 0.691. The van der Waals surface area contributed by atoms with E-state index in [0.717, 1.165) is 0 Å². The summed E-state index contributed by atoms with van der Waals surface area (Å²) in [6.45, 7) is 4.42. The van der Waals surface area contributed by atoms with Crippen molar-refractivity contribution >= 4 is 11.3 Å². The molecule has 1 aromatic heterocycles. The summed E-state index contributed by atoms with van der Waals surface area (Å²) < 4.78 is 0. The van der Waals surface area contributed by atoms with E-state index < -0.39 is 0 Å². The highest BCUT2D eigenvalue weighted by Crippen LogP contribution is 2.57. The molecule has 60 valence electrons. The van der Waals surface area contributed by atoms with Crippen molar-refractivity contribution in [3.63, 3.8) is 0 Å². The van der Waals surface area contributed by atoms with Gasteiger partial charge in [0.25, 0.3) is 0 Å². The van der Waals surface area contributed by atoms with Crippen molar-refractivity contribution in [1.29, 1.82) is 0 Å². The highest BCUT2D eigenvalue weighted by atomic mass is 32.1. The second-order valence-electron chi connectivity index (χ2n) is 3.73. The van der Waals surface area contributed by atoms with Gasteiger partial charge in [0.15, 0.2) is 0 Å². The molecule has 2 nitrogen and oxygen atoms in total. The summed E-state index contributed by atoms with van der Waals surface area (Å²) in [5, 5.41) is 0. The molecule has 0 amide bonds. The second-order valence-corrected chi connectivity index (χ2v) is 4.65. The standard InChI is InChI=1S/C8H12N2S/c1-8(2)6(7(8)9)5-3-10-4-11-5/h3-4,6-7H,9H2,1-2H3/t6-,7-/m0/s1. The topological polar surface area (TPSA) is 38.9 Å². The maximum atomic E-state index is 5.91. The van der Waals surface area contributed by atoms with E-state index in [1.807, 2.05) is 11.7 Å². The van der Waals surface area contributed by atoms with Gasteiger partial charge in [-0.3, -0.25) is 4.98 Å². The van der Waals surface area contributed by atoms with Crippen LogP contribution in [0.1, 0.15) is 24.6 Å². The lowest BCUT2D eigenvalue weighted by atomic mass is 10.1. The number of nitrogens with two attached hydrogens (primary N) is 1. The molecule has 0 bridgehead atoms. The van der Waals surface area contributed by atoms with Gasteiger partial charge in [0, 0.05) is 23.0 Å². The molecule has 11 heavy (non-hydrogen) atoms. The normalized spacial score (nSPS) is 33.7. The molecule has 3 heteroatoms. The zero-order valence-corrected chi connectivity index (χ0v) is 7.56. The van der Waals surface area contributed by atoms with Crippen LogP contribution < -0.4 is 5.73 Å². The van der Waals surface area contributed by atoms with Gasteiger partial charge in [-0.05, 0) is 5.41 Å². The molecule has 0 aliphatic heterocycles. The van der Waals surface area contributed by atoms with Crippen LogP contribution in [0.3, 0.4) is 0 Å². The zero-order chi connectivity index (χ0) is 8.06. The van der Waals surface area contributed by atoms with Crippen LogP contribution in [0.2, 0.25) is 0 Å². The molecule has 0 saturated heterocycles. The number of thiazole rings is 1. The van der Waals surface area contributed by atoms with Crippen LogP contribution in [-0.2, 0) is 0 Å². The van der Waals surface area contributed by atoms with E-state index >= 15 is 0 Å². The van der Waals surface area contributed by atoms with Gasteiger partial charge in [-0.2, -0.15) is 0 Å². The Morgan fingerprint density at radius 2 is 2.27 bits per heavy atom. The van der Waals surface area contributed by atoms with E-state index in [2.05, 4.69) is 18.8 Å². The van der Waals surface area contributed by atoms with Crippen LogP contribution in [0.15, 0.2) is 11.7 Å². The fourth-order valence-corrected chi connectivity index (χ4v) is 2.56. The predicted octanol–water partition coefficient (Wildman–Crippen LogP) is 1.59. The molecule has 1 saturated carbocycles. The van der Waals surface area contributed by atoms with E-state index in [-0.39, 0.29) is 0 Å². The fraction of sp³-hybridized carbons (Fsp3) is 0.625. The first-order valence-corrected chi connectivity index (χ1v) is 4.66. The second kappa shape index (κ2) is 2.05. The van der Waals surface area contributed by atoms with Crippen molar-refractivity contribution in [1.82, 2.24) is 4.98 Å². The summed E-state index contributed by atoms with van der Waals surface area (Å²) in [7, 11) is 0. The zero-order valence-electron chi connectivity index (χ0n) is 6.74. The maximum absolute atomic E-state index is 5.91. The molecule has 1 aromatic rings. The summed E-state index contributed by atoms with van der Waals surface area (Å²) >= 11 is 1.71. The van der Waals surface area contributed by atoms with E-state index in [4.69, 9.17) is 5.73 Å². The number of nitrogens with zero attached hydrogens (tertiary/aromatic N) is 1. The molecule has 0 spiro atoms.